The number of carbonyl (C=O) groups is 1. The zero-order valence-electron chi connectivity index (χ0n) is 11.0. The molecular formula is C15H10F2N2O2. The number of nitriles is 1. The van der Waals surface area contributed by atoms with Gasteiger partial charge in [0, 0.05) is 6.07 Å². The van der Waals surface area contributed by atoms with Crippen LogP contribution >= 0.6 is 0 Å². The molecule has 2 aromatic rings. The number of nitrogens with zero attached hydrogens (tertiary/aromatic N) is 1. The summed E-state index contributed by atoms with van der Waals surface area (Å²) in [5.41, 5.74) is -0.139. The zero-order chi connectivity index (χ0) is 15.4. The third-order valence-corrected chi connectivity index (χ3v) is 2.77. The summed E-state index contributed by atoms with van der Waals surface area (Å²) in [6.07, 6.45) is 0. The third kappa shape index (κ3) is 3.15. The maximum atomic E-state index is 13.8. The monoisotopic (exact) mass is 288 g/mol. The van der Waals surface area contributed by atoms with Gasteiger partial charge in [-0.25, -0.2) is 8.78 Å². The molecule has 0 atom stereocenters. The number of hydrogen-bond donors (Lipinski definition) is 1. The molecule has 0 aliphatic heterocycles. The van der Waals surface area contributed by atoms with E-state index in [0.29, 0.717) is 0 Å². The minimum atomic E-state index is -0.757. The van der Waals surface area contributed by atoms with E-state index in [2.05, 4.69) is 5.32 Å². The fourth-order valence-corrected chi connectivity index (χ4v) is 1.71. The molecule has 0 radical (unpaired) electrons. The first-order chi connectivity index (χ1) is 10.0. The summed E-state index contributed by atoms with van der Waals surface area (Å²) < 4.78 is 31.6. The van der Waals surface area contributed by atoms with Gasteiger partial charge in [0.2, 0.25) is 0 Å². The van der Waals surface area contributed by atoms with Gasteiger partial charge in [-0.2, -0.15) is 5.26 Å². The molecular weight excluding hydrogens is 278 g/mol. The van der Waals surface area contributed by atoms with E-state index in [1.807, 2.05) is 0 Å². The Labute approximate surface area is 119 Å². The highest BCUT2D eigenvalue weighted by Gasteiger charge is 2.14. The van der Waals surface area contributed by atoms with Gasteiger partial charge in [0.15, 0.2) is 0 Å². The van der Waals surface area contributed by atoms with Crippen LogP contribution in [-0.4, -0.2) is 13.0 Å². The molecule has 0 unspecified atom stereocenters. The zero-order valence-corrected chi connectivity index (χ0v) is 11.0. The van der Waals surface area contributed by atoms with Crippen molar-refractivity contribution in [2.45, 2.75) is 0 Å². The normalized spacial score (nSPS) is 9.81. The SMILES string of the molecule is COc1ccc(C(=O)Nc2ccc(F)cc2C#N)c(F)c1. The average Bonchev–Trinajstić information content (AvgIpc) is 2.48. The largest absolute Gasteiger partial charge is 0.497 e. The topological polar surface area (TPSA) is 62.1 Å². The Morgan fingerprint density at radius 1 is 1.24 bits per heavy atom. The molecule has 0 spiro atoms. The third-order valence-electron chi connectivity index (χ3n) is 2.77. The Morgan fingerprint density at radius 3 is 2.62 bits per heavy atom. The molecule has 0 bridgehead atoms. The standard InChI is InChI=1S/C15H10F2N2O2/c1-21-11-3-4-12(13(17)7-11)15(20)19-14-5-2-10(16)6-9(14)8-18/h2-7H,1H3,(H,19,20). The van der Waals surface area contributed by atoms with E-state index in [0.717, 1.165) is 18.2 Å². The van der Waals surface area contributed by atoms with Crippen molar-refractivity contribution >= 4 is 11.6 Å². The second-order valence-corrected chi connectivity index (χ2v) is 4.10. The summed E-state index contributed by atoms with van der Waals surface area (Å²) >= 11 is 0. The van der Waals surface area contributed by atoms with E-state index >= 15 is 0 Å². The molecule has 0 aliphatic rings. The predicted molar refractivity (Wildman–Crippen MR) is 72.0 cm³/mol. The van der Waals surface area contributed by atoms with Gasteiger partial charge in [-0.05, 0) is 30.3 Å². The van der Waals surface area contributed by atoms with Gasteiger partial charge >= 0.3 is 0 Å². The number of carbonyl (C=O) groups excluding carboxylic acids is 1. The highest BCUT2D eigenvalue weighted by atomic mass is 19.1. The fraction of sp³-hybridized carbons (Fsp3) is 0.0667. The van der Waals surface area contributed by atoms with Crippen molar-refractivity contribution in [1.82, 2.24) is 0 Å². The van der Waals surface area contributed by atoms with Crippen molar-refractivity contribution in [2.75, 3.05) is 12.4 Å². The van der Waals surface area contributed by atoms with E-state index in [9.17, 15) is 13.6 Å². The van der Waals surface area contributed by atoms with Crippen LogP contribution in [0.5, 0.6) is 5.75 Å². The fourth-order valence-electron chi connectivity index (χ4n) is 1.71. The number of amides is 1. The van der Waals surface area contributed by atoms with Crippen LogP contribution < -0.4 is 10.1 Å². The van der Waals surface area contributed by atoms with Crippen molar-refractivity contribution in [3.63, 3.8) is 0 Å². The Kier molecular flexibility index (Phi) is 4.14. The van der Waals surface area contributed by atoms with E-state index in [1.54, 1.807) is 6.07 Å². The predicted octanol–water partition coefficient (Wildman–Crippen LogP) is 3.10. The van der Waals surface area contributed by atoms with Crippen molar-refractivity contribution in [3.05, 3.63) is 59.2 Å². The number of rotatable bonds is 3. The maximum absolute atomic E-state index is 13.8. The molecule has 106 valence electrons. The van der Waals surface area contributed by atoms with E-state index in [-0.39, 0.29) is 22.6 Å². The van der Waals surface area contributed by atoms with Crippen LogP contribution in [0.3, 0.4) is 0 Å². The van der Waals surface area contributed by atoms with Gasteiger partial charge in [-0.1, -0.05) is 0 Å². The van der Waals surface area contributed by atoms with Crippen molar-refractivity contribution < 1.29 is 18.3 Å². The molecule has 0 saturated heterocycles. The van der Waals surface area contributed by atoms with E-state index < -0.39 is 17.5 Å². The molecule has 0 saturated carbocycles. The summed E-state index contributed by atoms with van der Waals surface area (Å²) in [6, 6.07) is 8.86. The molecule has 0 fully saturated rings. The van der Waals surface area contributed by atoms with E-state index in [4.69, 9.17) is 10.00 Å². The molecule has 0 heterocycles. The lowest BCUT2D eigenvalue weighted by Crippen LogP contribution is -2.14. The molecule has 1 N–H and O–H groups in total. The Hall–Kier alpha value is -2.94. The molecule has 6 heteroatoms. The van der Waals surface area contributed by atoms with Crippen LogP contribution in [0.4, 0.5) is 14.5 Å². The molecule has 21 heavy (non-hydrogen) atoms. The van der Waals surface area contributed by atoms with Gasteiger partial charge in [-0.3, -0.25) is 4.79 Å². The van der Waals surface area contributed by atoms with Crippen LogP contribution in [0.2, 0.25) is 0 Å². The second kappa shape index (κ2) is 6.01. The average molecular weight is 288 g/mol. The Morgan fingerprint density at radius 2 is 2.00 bits per heavy atom. The molecule has 2 aromatic carbocycles. The highest BCUT2D eigenvalue weighted by Crippen LogP contribution is 2.20. The lowest BCUT2D eigenvalue weighted by molar-refractivity contribution is 0.102. The van der Waals surface area contributed by atoms with Gasteiger partial charge in [-0.15, -0.1) is 0 Å². The Balaban J connectivity index is 2.29. The van der Waals surface area contributed by atoms with Crippen LogP contribution in [0.15, 0.2) is 36.4 Å². The summed E-state index contributed by atoms with van der Waals surface area (Å²) in [7, 11) is 1.38. The highest BCUT2D eigenvalue weighted by molar-refractivity contribution is 6.05. The number of nitrogens with one attached hydrogen (secondary N) is 1. The van der Waals surface area contributed by atoms with Crippen molar-refractivity contribution in [3.8, 4) is 11.8 Å². The number of ether oxygens (including phenoxy) is 1. The van der Waals surface area contributed by atoms with Crippen LogP contribution in [-0.2, 0) is 0 Å². The summed E-state index contributed by atoms with van der Waals surface area (Å²) in [5.74, 6) is -1.81. The molecule has 1 amide bonds. The first-order valence-electron chi connectivity index (χ1n) is 5.89. The number of halogens is 2. The first kappa shape index (κ1) is 14.5. The molecule has 0 aromatic heterocycles. The van der Waals surface area contributed by atoms with Gasteiger partial charge in [0.05, 0.1) is 23.9 Å². The number of anilines is 1. The number of hydrogen-bond acceptors (Lipinski definition) is 3. The first-order valence-corrected chi connectivity index (χ1v) is 5.89. The maximum Gasteiger partial charge on any atom is 0.258 e. The van der Waals surface area contributed by atoms with Crippen molar-refractivity contribution in [2.24, 2.45) is 0 Å². The minimum Gasteiger partial charge on any atom is -0.497 e. The molecule has 0 aliphatic carbocycles. The van der Waals surface area contributed by atoms with Gasteiger partial charge in [0.1, 0.15) is 23.5 Å². The van der Waals surface area contributed by atoms with E-state index in [1.165, 1.54) is 25.3 Å². The smallest absolute Gasteiger partial charge is 0.258 e. The van der Waals surface area contributed by atoms with Crippen molar-refractivity contribution in [1.29, 1.82) is 5.26 Å². The summed E-state index contributed by atoms with van der Waals surface area (Å²) in [5, 5.41) is 11.3. The molecule has 2 rings (SSSR count). The lowest BCUT2D eigenvalue weighted by Gasteiger charge is -2.08. The number of benzene rings is 2. The molecule has 4 nitrogen and oxygen atoms in total. The quantitative estimate of drug-likeness (QED) is 0.944. The minimum absolute atomic E-state index is 0.0442. The van der Waals surface area contributed by atoms with Gasteiger partial charge in [0.25, 0.3) is 5.91 Å². The van der Waals surface area contributed by atoms with Gasteiger partial charge < -0.3 is 10.1 Å². The van der Waals surface area contributed by atoms with Crippen LogP contribution in [0, 0.1) is 23.0 Å². The Bertz CT molecular complexity index is 739. The number of methoxy groups -OCH3 is 1. The van der Waals surface area contributed by atoms with Crippen LogP contribution in [0.1, 0.15) is 15.9 Å². The van der Waals surface area contributed by atoms with Crippen LogP contribution in [0.25, 0.3) is 0 Å². The summed E-state index contributed by atoms with van der Waals surface area (Å²) in [6.45, 7) is 0. The second-order valence-electron chi connectivity index (χ2n) is 4.10. The summed E-state index contributed by atoms with van der Waals surface area (Å²) in [4.78, 5) is 12.0. The lowest BCUT2D eigenvalue weighted by atomic mass is 10.1.